The predicted molar refractivity (Wildman–Crippen MR) is 140 cm³/mol. The molecule has 177 valence electrons. The number of rotatable bonds is 4. The Morgan fingerprint density at radius 3 is 1.80 bits per heavy atom. The molecule has 0 unspecified atom stereocenters. The molecule has 3 aromatic carbocycles. The Morgan fingerprint density at radius 1 is 0.600 bits per heavy atom. The van der Waals surface area contributed by atoms with Crippen LogP contribution in [0.5, 0.6) is 0 Å². The summed E-state index contributed by atoms with van der Waals surface area (Å²) in [6, 6.07) is 37.6. The van der Waals surface area contributed by atoms with E-state index in [2.05, 4.69) is 96.6 Å². The molecule has 0 N–H and O–H groups in total. The Morgan fingerprint density at radius 2 is 1.23 bits per heavy atom. The molecule has 0 aliphatic heterocycles. The van der Waals surface area contributed by atoms with Gasteiger partial charge in [-0.15, -0.1) is 70.8 Å². The first-order valence-electron chi connectivity index (χ1n) is 11.5. The van der Waals surface area contributed by atoms with Crippen LogP contribution in [-0.2, 0) is 26.5 Å². The van der Waals surface area contributed by atoms with Crippen molar-refractivity contribution in [3.63, 3.8) is 0 Å². The zero-order chi connectivity index (χ0) is 23.8. The minimum absolute atomic E-state index is 0. The molecule has 0 aliphatic carbocycles. The zero-order valence-corrected chi connectivity index (χ0v) is 22.6. The van der Waals surface area contributed by atoms with Crippen molar-refractivity contribution in [2.75, 3.05) is 0 Å². The summed E-state index contributed by atoms with van der Waals surface area (Å²) in [7, 11) is 0. The molecule has 0 atom stereocenters. The van der Waals surface area contributed by atoms with Crippen LogP contribution in [0.15, 0.2) is 103 Å². The van der Waals surface area contributed by atoms with Crippen LogP contribution >= 0.6 is 0 Å². The Labute approximate surface area is 222 Å². The van der Waals surface area contributed by atoms with Crippen molar-refractivity contribution in [1.82, 2.24) is 9.97 Å². The first-order valence-corrected chi connectivity index (χ1v) is 11.5. The van der Waals surface area contributed by atoms with Crippen molar-refractivity contribution in [2.24, 2.45) is 0 Å². The average Bonchev–Trinajstić information content (AvgIpc) is 2.87. The van der Waals surface area contributed by atoms with Crippen LogP contribution in [0.2, 0.25) is 0 Å². The SMILES string of the molecule is Cc1c[c-]c(-c2cc(Cc3ccccc3)ccn2)cc1.Cc1c[c-]c(-c2ccc(C)cn2)cc1.[Ir]. The van der Waals surface area contributed by atoms with E-state index in [4.69, 9.17) is 0 Å². The van der Waals surface area contributed by atoms with Gasteiger partial charge in [0.15, 0.2) is 0 Å². The summed E-state index contributed by atoms with van der Waals surface area (Å²) in [4.78, 5) is 8.80. The minimum Gasteiger partial charge on any atom is -0.305 e. The van der Waals surface area contributed by atoms with E-state index < -0.39 is 0 Å². The van der Waals surface area contributed by atoms with Crippen molar-refractivity contribution in [3.05, 3.63) is 143 Å². The van der Waals surface area contributed by atoms with Gasteiger partial charge in [-0.25, -0.2) is 0 Å². The maximum atomic E-state index is 4.45. The number of benzene rings is 3. The second-order valence-electron chi connectivity index (χ2n) is 8.49. The van der Waals surface area contributed by atoms with Gasteiger partial charge < -0.3 is 9.97 Å². The third-order valence-electron chi connectivity index (χ3n) is 5.48. The maximum absolute atomic E-state index is 4.45. The molecule has 0 fully saturated rings. The molecule has 5 aromatic rings. The Bertz CT molecular complexity index is 1270. The van der Waals surface area contributed by atoms with Gasteiger partial charge in [0.1, 0.15) is 0 Å². The summed E-state index contributed by atoms with van der Waals surface area (Å²) in [6.45, 7) is 6.16. The Hall–Kier alpha value is -3.39. The molecule has 0 amide bonds. The van der Waals surface area contributed by atoms with Crippen LogP contribution in [0.25, 0.3) is 22.5 Å². The van der Waals surface area contributed by atoms with E-state index in [1.54, 1.807) is 0 Å². The first-order chi connectivity index (χ1) is 16.6. The van der Waals surface area contributed by atoms with Crippen molar-refractivity contribution in [3.8, 4) is 22.5 Å². The van der Waals surface area contributed by atoms with E-state index in [1.807, 2.05) is 49.6 Å². The maximum Gasteiger partial charge on any atom is 0.0190 e. The van der Waals surface area contributed by atoms with Crippen LogP contribution < -0.4 is 0 Å². The van der Waals surface area contributed by atoms with Crippen LogP contribution in [0.1, 0.15) is 27.8 Å². The number of aromatic nitrogens is 2. The zero-order valence-electron chi connectivity index (χ0n) is 20.2. The van der Waals surface area contributed by atoms with Crippen molar-refractivity contribution >= 4 is 0 Å². The van der Waals surface area contributed by atoms with Gasteiger partial charge in [-0.1, -0.05) is 62.4 Å². The second kappa shape index (κ2) is 12.9. The quantitative estimate of drug-likeness (QED) is 0.191. The molecule has 2 nitrogen and oxygen atoms in total. The molecule has 1 radical (unpaired) electrons. The molecule has 0 saturated carbocycles. The van der Waals surface area contributed by atoms with E-state index in [1.165, 1.54) is 27.8 Å². The summed E-state index contributed by atoms with van der Waals surface area (Å²) < 4.78 is 0. The van der Waals surface area contributed by atoms with E-state index in [9.17, 15) is 0 Å². The van der Waals surface area contributed by atoms with E-state index in [0.29, 0.717) is 0 Å². The average molecular weight is 633 g/mol. The number of hydrogen-bond donors (Lipinski definition) is 0. The Balaban J connectivity index is 0.000000202. The van der Waals surface area contributed by atoms with Crippen LogP contribution in [-0.4, -0.2) is 9.97 Å². The normalized spacial score (nSPS) is 10.0. The smallest absolute Gasteiger partial charge is 0.0190 e. The number of nitrogens with zero attached hydrogens (tertiary/aromatic N) is 2. The largest absolute Gasteiger partial charge is 0.305 e. The molecule has 2 aromatic heterocycles. The van der Waals surface area contributed by atoms with Crippen molar-refractivity contribution in [2.45, 2.75) is 27.2 Å². The standard InChI is InChI=1S/C19H16N.C13H12N.Ir/c1-15-7-9-18(10-8-15)19-14-17(11-12-20-19)13-16-5-3-2-4-6-16;1-10-3-6-12(7-4-10)13-8-5-11(2)9-14-13;/h2-9,11-12,14H,13H2,1H3;3-6,8-9H,1-2H3;/q2*-1;. The van der Waals surface area contributed by atoms with E-state index in [-0.39, 0.29) is 20.1 Å². The third kappa shape index (κ3) is 7.82. The van der Waals surface area contributed by atoms with Gasteiger partial charge in [0.05, 0.1) is 0 Å². The van der Waals surface area contributed by atoms with Gasteiger partial charge >= 0.3 is 0 Å². The van der Waals surface area contributed by atoms with Crippen LogP contribution in [0.3, 0.4) is 0 Å². The fourth-order valence-corrected chi connectivity index (χ4v) is 3.51. The van der Waals surface area contributed by atoms with Gasteiger partial charge in [0.2, 0.25) is 0 Å². The summed E-state index contributed by atoms with van der Waals surface area (Å²) in [5, 5.41) is 0. The molecule has 0 aliphatic rings. The van der Waals surface area contributed by atoms with Crippen LogP contribution in [0.4, 0.5) is 0 Å². The number of aryl methyl sites for hydroxylation is 3. The topological polar surface area (TPSA) is 25.8 Å². The van der Waals surface area contributed by atoms with Gasteiger partial charge in [-0.3, -0.25) is 0 Å². The molecule has 0 saturated heterocycles. The molecular weight excluding hydrogens is 605 g/mol. The number of hydrogen-bond acceptors (Lipinski definition) is 2. The molecule has 2 heterocycles. The monoisotopic (exact) mass is 633 g/mol. The third-order valence-corrected chi connectivity index (χ3v) is 5.48. The molecule has 5 rings (SSSR count). The van der Waals surface area contributed by atoms with E-state index in [0.717, 1.165) is 28.9 Å². The van der Waals surface area contributed by atoms with Gasteiger partial charge in [0, 0.05) is 32.5 Å². The predicted octanol–water partition coefficient (Wildman–Crippen LogP) is 7.61. The van der Waals surface area contributed by atoms with Crippen molar-refractivity contribution < 1.29 is 20.1 Å². The molecule has 0 bridgehead atoms. The number of pyridine rings is 2. The fraction of sp³-hybridized carbons (Fsp3) is 0.125. The summed E-state index contributed by atoms with van der Waals surface area (Å²) in [6.07, 6.45) is 4.69. The van der Waals surface area contributed by atoms with Gasteiger partial charge in [0.25, 0.3) is 0 Å². The Kier molecular flexibility index (Phi) is 9.66. The summed E-state index contributed by atoms with van der Waals surface area (Å²) >= 11 is 0. The first kappa shape index (κ1) is 26.2. The minimum atomic E-state index is 0. The molecule has 3 heteroatoms. The fourth-order valence-electron chi connectivity index (χ4n) is 3.51. The van der Waals surface area contributed by atoms with E-state index >= 15 is 0 Å². The molecular formula is C32H28IrN2-2. The summed E-state index contributed by atoms with van der Waals surface area (Å²) in [5.74, 6) is 0. The molecule has 0 spiro atoms. The van der Waals surface area contributed by atoms with Gasteiger partial charge in [-0.05, 0) is 47.5 Å². The molecule has 35 heavy (non-hydrogen) atoms. The summed E-state index contributed by atoms with van der Waals surface area (Å²) in [5.41, 5.74) is 10.3. The van der Waals surface area contributed by atoms with Crippen molar-refractivity contribution in [1.29, 1.82) is 0 Å². The van der Waals surface area contributed by atoms with Gasteiger partial charge in [-0.2, -0.15) is 0 Å². The second-order valence-corrected chi connectivity index (χ2v) is 8.49. The van der Waals surface area contributed by atoms with Crippen LogP contribution in [0, 0.1) is 32.9 Å².